The highest BCUT2D eigenvalue weighted by Gasteiger charge is 1.89. The molecule has 0 aromatic carbocycles. The van der Waals surface area contributed by atoms with Crippen LogP contribution in [-0.2, 0) is 0 Å². The summed E-state index contributed by atoms with van der Waals surface area (Å²) in [5, 5.41) is 0. The maximum Gasteiger partial charge on any atom is 0.00860 e. The van der Waals surface area contributed by atoms with Crippen molar-refractivity contribution in [1.29, 1.82) is 0 Å². The molecule has 12 heavy (non-hydrogen) atoms. The van der Waals surface area contributed by atoms with Crippen LogP contribution in [0.5, 0.6) is 0 Å². The molecule has 0 nitrogen and oxygen atoms in total. The zero-order valence-electron chi connectivity index (χ0n) is 8.14. The smallest absolute Gasteiger partial charge is 0.00860 e. The van der Waals surface area contributed by atoms with E-state index >= 15 is 0 Å². The molecule has 0 saturated heterocycles. The first-order valence-electron chi connectivity index (χ1n) is 4.84. The highest BCUT2D eigenvalue weighted by molar-refractivity contribution is 7.98. The van der Waals surface area contributed by atoms with Gasteiger partial charge in [0.05, 0.1) is 0 Å². The van der Waals surface area contributed by atoms with Gasteiger partial charge in [0.25, 0.3) is 0 Å². The molecule has 0 spiro atoms. The molecule has 0 rings (SSSR count). The van der Waals surface area contributed by atoms with Gasteiger partial charge < -0.3 is 0 Å². The number of hydrogen-bond donors (Lipinski definition) is 0. The van der Waals surface area contributed by atoms with Crippen molar-refractivity contribution in [1.82, 2.24) is 0 Å². The normalized spacial score (nSPS) is 9.67. The summed E-state index contributed by atoms with van der Waals surface area (Å²) in [7, 11) is 0. The Bertz CT molecular complexity index is 113. The number of thioether (sulfide) groups is 1. The lowest BCUT2D eigenvalue weighted by atomic mass is 10.1. The van der Waals surface area contributed by atoms with Crippen molar-refractivity contribution in [2.24, 2.45) is 0 Å². The number of terminal acetylenes is 1. The molecule has 0 N–H and O–H groups in total. The van der Waals surface area contributed by atoms with Crippen LogP contribution < -0.4 is 0 Å². The van der Waals surface area contributed by atoms with Crippen LogP contribution in [0.25, 0.3) is 0 Å². The van der Waals surface area contributed by atoms with Gasteiger partial charge in [0.15, 0.2) is 0 Å². The number of rotatable bonds is 8. The van der Waals surface area contributed by atoms with Crippen LogP contribution in [0.4, 0.5) is 0 Å². The Morgan fingerprint density at radius 2 is 1.58 bits per heavy atom. The molecule has 0 radical (unpaired) electrons. The zero-order chi connectivity index (χ0) is 9.07. The lowest BCUT2D eigenvalue weighted by molar-refractivity contribution is 0.616. The molecule has 0 aliphatic heterocycles. The highest BCUT2D eigenvalue weighted by atomic mass is 32.2. The molecule has 0 aliphatic rings. The van der Waals surface area contributed by atoms with Crippen LogP contribution >= 0.6 is 11.8 Å². The van der Waals surface area contributed by atoms with Gasteiger partial charge in [-0.3, -0.25) is 0 Å². The molecule has 0 aromatic rings. The Kier molecular flexibility index (Phi) is 10.8. The van der Waals surface area contributed by atoms with Crippen LogP contribution in [0.3, 0.4) is 0 Å². The van der Waals surface area contributed by atoms with E-state index in [1.165, 1.54) is 44.3 Å². The summed E-state index contributed by atoms with van der Waals surface area (Å²) in [6, 6.07) is 0. The summed E-state index contributed by atoms with van der Waals surface area (Å²) in [5.74, 6) is 4.00. The van der Waals surface area contributed by atoms with Gasteiger partial charge in [-0.15, -0.1) is 12.3 Å². The van der Waals surface area contributed by atoms with Gasteiger partial charge in [-0.25, -0.2) is 0 Å². The maximum absolute atomic E-state index is 5.16. The van der Waals surface area contributed by atoms with E-state index in [-0.39, 0.29) is 0 Å². The fraction of sp³-hybridized carbons (Fsp3) is 0.818. The van der Waals surface area contributed by atoms with Crippen molar-refractivity contribution in [2.45, 2.75) is 44.9 Å². The summed E-state index contributed by atoms with van der Waals surface area (Å²) in [6.45, 7) is 0. The Morgan fingerprint density at radius 3 is 2.17 bits per heavy atom. The predicted octanol–water partition coefficient (Wildman–Crippen LogP) is 3.71. The van der Waals surface area contributed by atoms with E-state index in [2.05, 4.69) is 12.2 Å². The maximum atomic E-state index is 5.16. The molecule has 0 atom stereocenters. The fourth-order valence-corrected chi connectivity index (χ4v) is 1.67. The lowest BCUT2D eigenvalue weighted by Gasteiger charge is -1.98. The molecule has 1 heteroatoms. The van der Waals surface area contributed by atoms with Crippen molar-refractivity contribution in [3.63, 3.8) is 0 Å². The third-order valence-corrected chi connectivity index (χ3v) is 2.62. The highest BCUT2D eigenvalue weighted by Crippen LogP contribution is 2.08. The van der Waals surface area contributed by atoms with Crippen LogP contribution in [0, 0.1) is 12.3 Å². The standard InChI is InChI=1S/C11H20S/c1-3-4-5-6-7-8-9-10-11-12-2/h1H,4-11H2,2H3. The van der Waals surface area contributed by atoms with Crippen molar-refractivity contribution in [3.05, 3.63) is 0 Å². The zero-order valence-corrected chi connectivity index (χ0v) is 8.96. The van der Waals surface area contributed by atoms with Crippen molar-refractivity contribution in [2.75, 3.05) is 12.0 Å². The summed E-state index contributed by atoms with van der Waals surface area (Å²) >= 11 is 1.95. The molecule has 0 aromatic heterocycles. The first-order valence-corrected chi connectivity index (χ1v) is 6.23. The second-order valence-corrected chi connectivity index (χ2v) is 4.05. The van der Waals surface area contributed by atoms with Gasteiger partial charge in [0.2, 0.25) is 0 Å². The Balaban J connectivity index is 2.78. The SMILES string of the molecule is C#CCCCCCCCCSC. The monoisotopic (exact) mass is 184 g/mol. The van der Waals surface area contributed by atoms with Gasteiger partial charge in [0.1, 0.15) is 0 Å². The quantitative estimate of drug-likeness (QED) is 0.409. The molecule has 0 aliphatic carbocycles. The largest absolute Gasteiger partial charge is 0.165 e. The van der Waals surface area contributed by atoms with Crippen LogP contribution in [0.2, 0.25) is 0 Å². The minimum absolute atomic E-state index is 0.963. The Hall–Kier alpha value is -0.0900. The van der Waals surface area contributed by atoms with Crippen molar-refractivity contribution < 1.29 is 0 Å². The number of unbranched alkanes of at least 4 members (excludes halogenated alkanes) is 6. The van der Waals surface area contributed by atoms with Gasteiger partial charge in [-0.1, -0.05) is 25.7 Å². The molecular formula is C11H20S. The van der Waals surface area contributed by atoms with Crippen LogP contribution in [-0.4, -0.2) is 12.0 Å². The summed E-state index contributed by atoms with van der Waals surface area (Å²) in [6.07, 6.45) is 16.4. The Morgan fingerprint density at radius 1 is 1.00 bits per heavy atom. The van der Waals surface area contributed by atoms with E-state index < -0.39 is 0 Å². The molecule has 0 heterocycles. The van der Waals surface area contributed by atoms with Crippen LogP contribution in [0.1, 0.15) is 44.9 Å². The van der Waals surface area contributed by atoms with Gasteiger partial charge >= 0.3 is 0 Å². The van der Waals surface area contributed by atoms with Gasteiger partial charge in [-0.2, -0.15) is 11.8 Å². The minimum Gasteiger partial charge on any atom is -0.165 e. The molecule has 0 unspecified atom stereocenters. The van der Waals surface area contributed by atoms with E-state index in [0.717, 1.165) is 6.42 Å². The average Bonchev–Trinajstić information content (AvgIpc) is 2.10. The average molecular weight is 184 g/mol. The predicted molar refractivity (Wildman–Crippen MR) is 59.5 cm³/mol. The van der Waals surface area contributed by atoms with Gasteiger partial charge in [-0.05, 0) is 24.9 Å². The summed E-state index contributed by atoms with van der Waals surface area (Å²) in [4.78, 5) is 0. The summed E-state index contributed by atoms with van der Waals surface area (Å²) in [5.41, 5.74) is 0. The molecule has 0 amide bonds. The second kappa shape index (κ2) is 10.9. The molecule has 0 bridgehead atoms. The van der Waals surface area contributed by atoms with Gasteiger partial charge in [0, 0.05) is 6.42 Å². The second-order valence-electron chi connectivity index (χ2n) is 3.07. The topological polar surface area (TPSA) is 0 Å². The summed E-state index contributed by atoms with van der Waals surface area (Å²) < 4.78 is 0. The van der Waals surface area contributed by atoms with Crippen LogP contribution in [0.15, 0.2) is 0 Å². The van der Waals surface area contributed by atoms with E-state index in [9.17, 15) is 0 Å². The van der Waals surface area contributed by atoms with E-state index in [0.29, 0.717) is 0 Å². The first-order chi connectivity index (χ1) is 5.91. The lowest BCUT2D eigenvalue weighted by Crippen LogP contribution is -1.81. The third kappa shape index (κ3) is 9.91. The van der Waals surface area contributed by atoms with E-state index in [1.54, 1.807) is 0 Å². The van der Waals surface area contributed by atoms with Crippen molar-refractivity contribution >= 4 is 11.8 Å². The third-order valence-electron chi connectivity index (χ3n) is 1.92. The molecular weight excluding hydrogens is 164 g/mol. The van der Waals surface area contributed by atoms with E-state index in [1.807, 2.05) is 11.8 Å². The Labute approximate surface area is 81.5 Å². The van der Waals surface area contributed by atoms with Crippen molar-refractivity contribution in [3.8, 4) is 12.3 Å². The fourth-order valence-electron chi connectivity index (χ4n) is 1.18. The first kappa shape index (κ1) is 11.9. The number of hydrogen-bond acceptors (Lipinski definition) is 1. The molecule has 0 fully saturated rings. The minimum atomic E-state index is 0.963. The molecule has 70 valence electrons. The molecule has 0 saturated carbocycles. The van der Waals surface area contributed by atoms with E-state index in [4.69, 9.17) is 6.42 Å².